The van der Waals surface area contributed by atoms with Gasteiger partial charge in [-0.1, -0.05) is 30.3 Å². The SMILES string of the molecule is CC(C)N1CCn2c(CNC(=O)[C@H](CC(=O)c3ccc4n[nH]c(=O)n4c3)c3ccccc3)cc(=O)c(O)c2C1=O. The number of H-pyrrole nitrogens is 1. The third-order valence-electron chi connectivity index (χ3n) is 7.11. The van der Waals surface area contributed by atoms with Crippen LogP contribution in [0.25, 0.3) is 5.65 Å². The molecule has 5 rings (SSSR count). The number of pyridine rings is 2. The van der Waals surface area contributed by atoms with E-state index in [9.17, 15) is 29.1 Å². The van der Waals surface area contributed by atoms with Crippen LogP contribution in [0.15, 0.2) is 64.3 Å². The molecule has 1 atom stereocenters. The highest BCUT2D eigenvalue weighted by Gasteiger charge is 2.32. The second kappa shape index (κ2) is 10.6. The average molecular weight is 545 g/mol. The molecular weight excluding hydrogens is 516 g/mol. The van der Waals surface area contributed by atoms with Gasteiger partial charge in [-0.2, -0.15) is 5.10 Å². The predicted octanol–water partition coefficient (Wildman–Crippen LogP) is 1.43. The maximum absolute atomic E-state index is 13.5. The molecule has 1 aliphatic rings. The molecule has 0 saturated carbocycles. The van der Waals surface area contributed by atoms with E-state index < -0.39 is 34.6 Å². The number of aromatic amines is 1. The number of carbonyl (C=O) groups excluding carboxylic acids is 3. The van der Waals surface area contributed by atoms with E-state index in [1.165, 1.54) is 22.7 Å². The van der Waals surface area contributed by atoms with Gasteiger partial charge in [0.15, 0.2) is 22.9 Å². The minimum absolute atomic E-state index is 0.0930. The van der Waals surface area contributed by atoms with Crippen LogP contribution in [0.3, 0.4) is 0 Å². The Bertz CT molecular complexity index is 1740. The summed E-state index contributed by atoms with van der Waals surface area (Å²) in [5.74, 6) is -2.75. The Balaban J connectivity index is 1.40. The Labute approximate surface area is 227 Å². The molecule has 206 valence electrons. The molecule has 0 unspecified atom stereocenters. The summed E-state index contributed by atoms with van der Waals surface area (Å²) in [4.78, 5) is 65.8. The second-order valence-corrected chi connectivity index (χ2v) is 9.92. The van der Waals surface area contributed by atoms with Crippen molar-refractivity contribution >= 4 is 23.2 Å². The molecule has 12 nitrogen and oxygen atoms in total. The van der Waals surface area contributed by atoms with Crippen molar-refractivity contribution in [2.24, 2.45) is 0 Å². The summed E-state index contributed by atoms with van der Waals surface area (Å²) in [6.07, 6.45) is 1.21. The maximum Gasteiger partial charge on any atom is 0.347 e. The quantitative estimate of drug-likeness (QED) is 0.283. The molecule has 0 bridgehead atoms. The largest absolute Gasteiger partial charge is 0.503 e. The molecule has 0 aliphatic carbocycles. The van der Waals surface area contributed by atoms with E-state index in [1.54, 1.807) is 45.9 Å². The van der Waals surface area contributed by atoms with Gasteiger partial charge in [0.25, 0.3) is 5.91 Å². The van der Waals surface area contributed by atoms with E-state index >= 15 is 0 Å². The van der Waals surface area contributed by atoms with Gasteiger partial charge >= 0.3 is 5.69 Å². The zero-order valence-corrected chi connectivity index (χ0v) is 22.0. The van der Waals surface area contributed by atoms with Gasteiger partial charge in [0.1, 0.15) is 0 Å². The average Bonchev–Trinajstić information content (AvgIpc) is 3.32. The Hall–Kier alpha value is -5.00. The van der Waals surface area contributed by atoms with Crippen molar-refractivity contribution in [3.05, 3.63) is 98.0 Å². The molecule has 1 aliphatic heterocycles. The van der Waals surface area contributed by atoms with Crippen LogP contribution in [-0.4, -0.2) is 59.4 Å². The van der Waals surface area contributed by atoms with Gasteiger partial charge in [-0.3, -0.25) is 19.2 Å². The molecule has 40 heavy (non-hydrogen) atoms. The first-order chi connectivity index (χ1) is 19.2. The van der Waals surface area contributed by atoms with Gasteiger partial charge in [0, 0.05) is 49.1 Å². The summed E-state index contributed by atoms with van der Waals surface area (Å²) in [6.45, 7) is 4.34. The van der Waals surface area contributed by atoms with Crippen LogP contribution in [0.1, 0.15) is 58.3 Å². The molecule has 0 radical (unpaired) electrons. The Morgan fingerprint density at radius 3 is 2.55 bits per heavy atom. The smallest absolute Gasteiger partial charge is 0.347 e. The number of aromatic nitrogens is 4. The summed E-state index contributed by atoms with van der Waals surface area (Å²) in [5, 5.41) is 19.4. The molecule has 4 aromatic rings. The van der Waals surface area contributed by atoms with Crippen molar-refractivity contribution in [2.75, 3.05) is 6.54 Å². The van der Waals surface area contributed by atoms with Crippen LogP contribution in [0.4, 0.5) is 0 Å². The van der Waals surface area contributed by atoms with Crippen LogP contribution in [-0.2, 0) is 17.9 Å². The highest BCUT2D eigenvalue weighted by Crippen LogP contribution is 2.25. The minimum atomic E-state index is -0.867. The van der Waals surface area contributed by atoms with Gasteiger partial charge in [-0.15, -0.1) is 0 Å². The number of carbonyl (C=O) groups is 3. The summed E-state index contributed by atoms with van der Waals surface area (Å²) in [6, 6.07) is 13.0. The Morgan fingerprint density at radius 2 is 1.82 bits per heavy atom. The Morgan fingerprint density at radius 1 is 1.07 bits per heavy atom. The molecule has 3 aromatic heterocycles. The topological polar surface area (TPSA) is 159 Å². The number of ketones is 1. The van der Waals surface area contributed by atoms with E-state index in [2.05, 4.69) is 15.5 Å². The monoisotopic (exact) mass is 544 g/mol. The molecule has 0 spiro atoms. The van der Waals surface area contributed by atoms with Crippen LogP contribution in [0.2, 0.25) is 0 Å². The zero-order chi connectivity index (χ0) is 28.6. The molecule has 12 heteroatoms. The molecule has 2 amide bonds. The minimum Gasteiger partial charge on any atom is -0.503 e. The molecule has 1 aromatic carbocycles. The van der Waals surface area contributed by atoms with Gasteiger partial charge < -0.3 is 19.9 Å². The lowest BCUT2D eigenvalue weighted by molar-refractivity contribution is -0.122. The number of hydrogen-bond donors (Lipinski definition) is 3. The summed E-state index contributed by atoms with van der Waals surface area (Å²) >= 11 is 0. The lowest BCUT2D eigenvalue weighted by Crippen LogP contribution is -2.46. The second-order valence-electron chi connectivity index (χ2n) is 9.92. The fraction of sp³-hybridized carbons (Fsp3) is 0.286. The standard InChI is InChI=1S/C28H28N6O6/c1-16(2)32-10-11-33-19(12-22(36)25(37)24(33)27(32)39)14-29-26(38)20(17-6-4-3-5-7-17)13-21(35)18-8-9-23-30-31-28(40)34(23)15-18/h3-9,12,15-16,20,37H,10-11,13-14H2,1-2H3,(H,29,38)(H,31,40)/t20-/m1/s1. The third kappa shape index (κ3) is 4.91. The third-order valence-corrected chi connectivity index (χ3v) is 7.11. The fourth-order valence-corrected chi connectivity index (χ4v) is 4.96. The van der Waals surface area contributed by atoms with Gasteiger partial charge in [-0.05, 0) is 31.5 Å². The first-order valence-electron chi connectivity index (χ1n) is 12.8. The number of amides is 2. The van der Waals surface area contributed by atoms with E-state index in [1.807, 2.05) is 13.8 Å². The van der Waals surface area contributed by atoms with E-state index in [4.69, 9.17) is 0 Å². The number of Topliss-reactive ketones (excluding diaryl/α,β-unsaturated/α-hetero) is 1. The highest BCUT2D eigenvalue weighted by molar-refractivity contribution is 6.00. The lowest BCUT2D eigenvalue weighted by Gasteiger charge is -2.34. The first kappa shape index (κ1) is 26.6. The van der Waals surface area contributed by atoms with E-state index in [0.717, 1.165) is 0 Å². The molecule has 0 fully saturated rings. The summed E-state index contributed by atoms with van der Waals surface area (Å²) in [7, 11) is 0. The Kier molecular flexibility index (Phi) is 7.07. The van der Waals surface area contributed by atoms with Crippen molar-refractivity contribution in [3.63, 3.8) is 0 Å². The maximum atomic E-state index is 13.5. The molecule has 4 heterocycles. The van der Waals surface area contributed by atoms with Crippen molar-refractivity contribution in [1.82, 2.24) is 29.4 Å². The van der Waals surface area contributed by atoms with E-state index in [-0.39, 0.29) is 36.0 Å². The zero-order valence-electron chi connectivity index (χ0n) is 22.0. The van der Waals surface area contributed by atoms with Crippen LogP contribution in [0, 0.1) is 0 Å². The molecule has 3 N–H and O–H groups in total. The number of rotatable bonds is 8. The number of hydrogen-bond acceptors (Lipinski definition) is 7. The van der Waals surface area contributed by atoms with Gasteiger partial charge in [-0.25, -0.2) is 14.3 Å². The number of nitrogens with one attached hydrogen (secondary N) is 2. The van der Waals surface area contributed by atoms with Crippen LogP contribution in [0.5, 0.6) is 5.75 Å². The van der Waals surface area contributed by atoms with Gasteiger partial charge in [0.2, 0.25) is 11.3 Å². The van der Waals surface area contributed by atoms with Crippen LogP contribution >= 0.6 is 0 Å². The summed E-state index contributed by atoms with van der Waals surface area (Å²) in [5.41, 5.74) is 0.293. The van der Waals surface area contributed by atoms with Crippen molar-refractivity contribution in [2.45, 2.75) is 45.3 Å². The lowest BCUT2D eigenvalue weighted by atomic mass is 9.91. The first-order valence-corrected chi connectivity index (χ1v) is 12.8. The number of benzene rings is 1. The highest BCUT2D eigenvalue weighted by atomic mass is 16.3. The number of fused-ring (bicyclic) bond motifs is 2. The number of aromatic hydroxyl groups is 1. The van der Waals surface area contributed by atoms with Gasteiger partial charge in [0.05, 0.1) is 12.5 Å². The van der Waals surface area contributed by atoms with Crippen molar-refractivity contribution in [3.8, 4) is 5.75 Å². The molecular formula is C28H28N6O6. The van der Waals surface area contributed by atoms with E-state index in [0.29, 0.717) is 30.0 Å². The summed E-state index contributed by atoms with van der Waals surface area (Å²) < 4.78 is 2.77. The van der Waals surface area contributed by atoms with Crippen molar-refractivity contribution < 1.29 is 19.5 Å². The number of nitrogens with zero attached hydrogens (tertiary/aromatic N) is 4. The van der Waals surface area contributed by atoms with Crippen LogP contribution < -0.4 is 16.4 Å². The van der Waals surface area contributed by atoms with Crippen molar-refractivity contribution in [1.29, 1.82) is 0 Å². The normalized spacial score (nSPS) is 13.9. The molecule has 0 saturated heterocycles. The fourth-order valence-electron chi connectivity index (χ4n) is 4.96. The predicted molar refractivity (Wildman–Crippen MR) is 144 cm³/mol.